The predicted octanol–water partition coefficient (Wildman–Crippen LogP) is 2.91. The summed E-state index contributed by atoms with van der Waals surface area (Å²) in [4.78, 5) is 12.4. The summed E-state index contributed by atoms with van der Waals surface area (Å²) in [6, 6.07) is 11.3. The Bertz CT molecular complexity index is 1150. The standard InChI is InChI=1S/C19H20F2N4O4S/c1-2-30(27,28)24-15(13-6-4-3-5-7-13)9-11-25-10-8-14(12-16(25)26)18-22-23-19(29-18)17(20)21/h3-8,10,12,15,17,24H,2,9,11H2,1H3. The van der Waals surface area contributed by atoms with E-state index in [1.54, 1.807) is 6.92 Å². The number of hydrogen-bond donors (Lipinski definition) is 1. The molecule has 0 aliphatic heterocycles. The van der Waals surface area contributed by atoms with Gasteiger partial charge in [0.05, 0.1) is 5.75 Å². The number of aryl methyl sites for hydroxylation is 1. The van der Waals surface area contributed by atoms with Crippen molar-refractivity contribution in [3.8, 4) is 11.5 Å². The van der Waals surface area contributed by atoms with Crippen LogP contribution in [0.25, 0.3) is 11.5 Å². The summed E-state index contributed by atoms with van der Waals surface area (Å²) in [5, 5.41) is 6.76. The number of pyridine rings is 1. The van der Waals surface area contributed by atoms with Gasteiger partial charge in [-0.3, -0.25) is 4.79 Å². The fourth-order valence-corrected chi connectivity index (χ4v) is 3.67. The van der Waals surface area contributed by atoms with E-state index in [-0.39, 0.29) is 23.8 Å². The van der Waals surface area contributed by atoms with Crippen LogP contribution >= 0.6 is 0 Å². The van der Waals surface area contributed by atoms with E-state index < -0.39 is 33.9 Å². The minimum absolute atomic E-state index is 0.0598. The van der Waals surface area contributed by atoms with Crippen molar-refractivity contribution in [3.63, 3.8) is 0 Å². The Balaban J connectivity index is 1.77. The van der Waals surface area contributed by atoms with E-state index in [9.17, 15) is 22.0 Å². The summed E-state index contributed by atoms with van der Waals surface area (Å²) in [5.74, 6) is -1.05. The lowest BCUT2D eigenvalue weighted by Gasteiger charge is -2.19. The van der Waals surface area contributed by atoms with Gasteiger partial charge in [0.2, 0.25) is 15.9 Å². The molecule has 2 aromatic heterocycles. The SMILES string of the molecule is CCS(=O)(=O)NC(CCn1ccc(-c2nnc(C(F)F)o2)cc1=O)c1ccccc1. The summed E-state index contributed by atoms with van der Waals surface area (Å²) in [6.45, 7) is 1.78. The van der Waals surface area contributed by atoms with Crippen LogP contribution in [0.5, 0.6) is 0 Å². The number of aromatic nitrogens is 3. The summed E-state index contributed by atoms with van der Waals surface area (Å²) in [5.41, 5.74) is 0.598. The maximum absolute atomic E-state index is 12.6. The molecule has 0 fully saturated rings. The first-order valence-corrected chi connectivity index (χ1v) is 10.8. The fourth-order valence-electron chi connectivity index (χ4n) is 2.81. The number of rotatable bonds is 9. The van der Waals surface area contributed by atoms with E-state index in [0.717, 1.165) is 5.56 Å². The molecule has 160 valence electrons. The highest BCUT2D eigenvalue weighted by Crippen LogP contribution is 2.22. The molecule has 1 N–H and O–H groups in total. The molecule has 0 spiro atoms. The first-order valence-electron chi connectivity index (χ1n) is 9.16. The van der Waals surface area contributed by atoms with Gasteiger partial charge in [0.1, 0.15) is 0 Å². The molecule has 30 heavy (non-hydrogen) atoms. The van der Waals surface area contributed by atoms with E-state index in [2.05, 4.69) is 14.9 Å². The fraction of sp³-hybridized carbons (Fsp3) is 0.316. The van der Waals surface area contributed by atoms with Crippen molar-refractivity contribution >= 4 is 10.0 Å². The van der Waals surface area contributed by atoms with Crippen molar-refractivity contribution in [2.24, 2.45) is 0 Å². The first-order chi connectivity index (χ1) is 14.3. The minimum atomic E-state index is -3.46. The van der Waals surface area contributed by atoms with E-state index in [1.165, 1.54) is 22.9 Å². The van der Waals surface area contributed by atoms with Crippen molar-refractivity contribution in [3.05, 3.63) is 70.5 Å². The van der Waals surface area contributed by atoms with Gasteiger partial charge in [0.15, 0.2) is 0 Å². The van der Waals surface area contributed by atoms with E-state index in [1.807, 2.05) is 30.3 Å². The van der Waals surface area contributed by atoms with E-state index in [4.69, 9.17) is 4.42 Å². The maximum atomic E-state index is 12.6. The highest BCUT2D eigenvalue weighted by atomic mass is 32.2. The van der Waals surface area contributed by atoms with Crippen LogP contribution in [-0.4, -0.2) is 28.9 Å². The van der Waals surface area contributed by atoms with Crippen molar-refractivity contribution < 1.29 is 21.6 Å². The zero-order valence-corrected chi connectivity index (χ0v) is 16.9. The smallest absolute Gasteiger partial charge is 0.314 e. The Morgan fingerprint density at radius 2 is 1.90 bits per heavy atom. The van der Waals surface area contributed by atoms with Crippen LogP contribution < -0.4 is 10.3 Å². The van der Waals surface area contributed by atoms with Gasteiger partial charge in [0.25, 0.3) is 11.4 Å². The molecule has 0 amide bonds. The number of sulfonamides is 1. The molecule has 8 nitrogen and oxygen atoms in total. The van der Waals surface area contributed by atoms with Gasteiger partial charge in [0, 0.05) is 30.4 Å². The number of hydrogen-bond acceptors (Lipinski definition) is 6. The third kappa shape index (κ3) is 5.36. The molecule has 0 radical (unpaired) electrons. The van der Waals surface area contributed by atoms with Crippen molar-refractivity contribution in [1.82, 2.24) is 19.5 Å². The van der Waals surface area contributed by atoms with E-state index in [0.29, 0.717) is 6.42 Å². The number of alkyl halides is 2. The molecule has 0 saturated carbocycles. The highest BCUT2D eigenvalue weighted by Gasteiger charge is 2.19. The van der Waals surface area contributed by atoms with Gasteiger partial charge in [-0.05, 0) is 25.0 Å². The number of nitrogens with one attached hydrogen (secondary N) is 1. The summed E-state index contributed by atoms with van der Waals surface area (Å²) < 4.78 is 58.2. The Morgan fingerprint density at radius 3 is 2.50 bits per heavy atom. The molecule has 0 bridgehead atoms. The van der Waals surface area contributed by atoms with Crippen LogP contribution in [0, 0.1) is 0 Å². The Labute approximate surface area is 171 Å². The second kappa shape index (κ2) is 9.26. The molecular formula is C19H20F2N4O4S. The normalized spacial score (nSPS) is 12.9. The van der Waals surface area contributed by atoms with Crippen LogP contribution in [0.2, 0.25) is 0 Å². The topological polar surface area (TPSA) is 107 Å². The molecule has 1 aromatic carbocycles. The van der Waals surface area contributed by atoms with Crippen molar-refractivity contribution in [1.29, 1.82) is 0 Å². The molecular weight excluding hydrogens is 418 g/mol. The zero-order chi connectivity index (χ0) is 21.7. The molecule has 3 aromatic rings. The average molecular weight is 438 g/mol. The summed E-state index contributed by atoms with van der Waals surface area (Å²) >= 11 is 0. The average Bonchev–Trinajstić information content (AvgIpc) is 3.23. The Hall–Kier alpha value is -2.92. The molecule has 3 rings (SSSR count). The van der Waals surface area contributed by atoms with Gasteiger partial charge in [-0.1, -0.05) is 30.3 Å². The third-order valence-electron chi connectivity index (χ3n) is 4.43. The van der Waals surface area contributed by atoms with Gasteiger partial charge in [-0.15, -0.1) is 10.2 Å². The van der Waals surface area contributed by atoms with Crippen LogP contribution in [0.1, 0.15) is 37.3 Å². The quantitative estimate of drug-likeness (QED) is 0.551. The van der Waals surface area contributed by atoms with Crippen LogP contribution in [0.3, 0.4) is 0 Å². The molecule has 1 unspecified atom stereocenters. The largest absolute Gasteiger partial charge is 0.415 e. The number of nitrogens with zero attached hydrogens (tertiary/aromatic N) is 3. The number of benzene rings is 1. The second-order valence-electron chi connectivity index (χ2n) is 6.47. The Morgan fingerprint density at radius 1 is 1.17 bits per heavy atom. The van der Waals surface area contributed by atoms with Crippen LogP contribution in [0.4, 0.5) is 8.78 Å². The lowest BCUT2D eigenvalue weighted by molar-refractivity contribution is 0.116. The predicted molar refractivity (Wildman–Crippen MR) is 105 cm³/mol. The molecule has 0 saturated heterocycles. The second-order valence-corrected chi connectivity index (χ2v) is 8.51. The van der Waals surface area contributed by atoms with Crippen molar-refractivity contribution in [2.75, 3.05) is 5.75 Å². The molecule has 2 heterocycles. The molecule has 1 atom stereocenters. The van der Waals surface area contributed by atoms with Gasteiger partial charge >= 0.3 is 6.43 Å². The van der Waals surface area contributed by atoms with E-state index >= 15 is 0 Å². The highest BCUT2D eigenvalue weighted by molar-refractivity contribution is 7.89. The van der Waals surface area contributed by atoms with Gasteiger partial charge in [-0.2, -0.15) is 8.78 Å². The first kappa shape index (κ1) is 21.8. The van der Waals surface area contributed by atoms with Gasteiger partial charge < -0.3 is 8.98 Å². The van der Waals surface area contributed by atoms with Gasteiger partial charge in [-0.25, -0.2) is 13.1 Å². The Kier molecular flexibility index (Phi) is 6.73. The minimum Gasteiger partial charge on any atom is -0.415 e. The molecule has 0 aliphatic rings. The maximum Gasteiger partial charge on any atom is 0.314 e. The lowest BCUT2D eigenvalue weighted by Crippen LogP contribution is -2.31. The lowest BCUT2D eigenvalue weighted by atomic mass is 10.0. The number of halogens is 2. The zero-order valence-electron chi connectivity index (χ0n) is 16.0. The monoisotopic (exact) mass is 438 g/mol. The van der Waals surface area contributed by atoms with Crippen molar-refractivity contribution in [2.45, 2.75) is 32.4 Å². The summed E-state index contributed by atoms with van der Waals surface area (Å²) in [6.07, 6.45) is -1.09. The van der Waals surface area contributed by atoms with Crippen LogP contribution in [-0.2, 0) is 16.6 Å². The molecule has 0 aliphatic carbocycles. The third-order valence-corrected chi connectivity index (χ3v) is 5.84. The summed E-state index contributed by atoms with van der Waals surface area (Å²) in [7, 11) is -3.46. The van der Waals surface area contributed by atoms with Crippen LogP contribution in [0.15, 0.2) is 57.9 Å². The molecule has 11 heteroatoms.